The van der Waals surface area contributed by atoms with Crippen LogP contribution in [0.3, 0.4) is 0 Å². The smallest absolute Gasteiger partial charge is 0.314 e. The van der Waals surface area contributed by atoms with Gasteiger partial charge in [0.05, 0.1) is 29.6 Å². The quantitative estimate of drug-likeness (QED) is 0.0167. The molecule has 0 saturated heterocycles. The molecule has 0 bridgehead atoms. The lowest BCUT2D eigenvalue weighted by Crippen LogP contribution is -2.30. The molecule has 10 nitrogen and oxygen atoms in total. The van der Waals surface area contributed by atoms with Crippen LogP contribution in [0.4, 0.5) is 23.5 Å². The van der Waals surface area contributed by atoms with Gasteiger partial charge < -0.3 is 23.7 Å². The summed E-state index contributed by atoms with van der Waals surface area (Å²) in [7, 11) is 0. The summed E-state index contributed by atoms with van der Waals surface area (Å²) in [5, 5.41) is 0. The summed E-state index contributed by atoms with van der Waals surface area (Å²) >= 11 is 25.4. The lowest BCUT2D eigenvalue weighted by molar-refractivity contribution is -0.141. The highest BCUT2D eigenvalue weighted by Gasteiger charge is 2.40. The van der Waals surface area contributed by atoms with Crippen molar-refractivity contribution in [2.75, 3.05) is 0 Å². The number of rotatable bonds is 35. The highest BCUT2D eigenvalue weighted by Crippen LogP contribution is 2.50. The van der Waals surface area contributed by atoms with Crippen LogP contribution in [-0.2, 0) is 24.0 Å². The minimum atomic E-state index is -0.0507. The maximum absolute atomic E-state index is 12.5. The molecule has 0 unspecified atom stereocenters. The molecule has 20 heteroatoms. The first kappa shape index (κ1) is 123. The van der Waals surface area contributed by atoms with Gasteiger partial charge in [-0.15, -0.1) is 0 Å². The van der Waals surface area contributed by atoms with Crippen molar-refractivity contribution in [3.63, 3.8) is 0 Å². The summed E-state index contributed by atoms with van der Waals surface area (Å²) in [5.41, 5.74) is 0. The number of carbonyl (C=O) groups is 5. The Bertz CT molecular complexity index is 3480. The van der Waals surface area contributed by atoms with Crippen LogP contribution in [0.15, 0.2) is 146 Å². The van der Waals surface area contributed by atoms with Crippen molar-refractivity contribution in [2.45, 2.75) is 444 Å². The standard InChI is InChI=1S/5C24H35O2S.5FH/c5*1-2-3-4-5-18-6-8-19(9-7-18)20-10-12-21(13-11-20)24(25)26-22-14-16-23(27)17-15-22;;;;;/h5*14-21H,2-13H2,1H3;5*1H/t5*18-,19-,20?,21?;;;;;. The lowest BCUT2D eigenvalue weighted by atomic mass is 9.68. The summed E-state index contributed by atoms with van der Waals surface area (Å²) in [4.78, 5) is 66.1. The molecular weight excluding hydrogens is 1860 g/mol. The van der Waals surface area contributed by atoms with Crippen LogP contribution in [0.25, 0.3) is 0 Å². The van der Waals surface area contributed by atoms with Gasteiger partial charge in [-0.25, -0.2) is 0 Å². The first-order valence-electron chi connectivity index (χ1n) is 55.7. The molecule has 785 valence electrons. The second kappa shape index (κ2) is 68.6. The van der Waals surface area contributed by atoms with Crippen LogP contribution in [0, 0.1) is 118 Å². The number of unbranched alkanes of at least 4 members (excludes halogenated alkanes) is 10. The Labute approximate surface area is 870 Å². The molecular formula is C120H180F5O10S5. The topological polar surface area (TPSA) is 132 Å². The number of hydrogen-bond donors (Lipinski definition) is 0. The molecule has 0 N–H and O–H groups in total. The second-order valence-electron chi connectivity index (χ2n) is 43.9. The fourth-order valence-electron chi connectivity index (χ4n) is 25.8. The van der Waals surface area contributed by atoms with Crippen LogP contribution < -0.4 is 23.7 Å². The fourth-order valence-corrected chi connectivity index (χ4v) is 26.5. The highest BCUT2D eigenvalue weighted by molar-refractivity contribution is 7.81. The zero-order chi connectivity index (χ0) is 95.3. The van der Waals surface area contributed by atoms with E-state index < -0.39 is 0 Å². The Morgan fingerprint density at radius 3 is 0.414 bits per heavy atom. The molecule has 0 aliphatic heterocycles. The average Bonchev–Trinajstić information content (AvgIpc) is 0.851. The van der Waals surface area contributed by atoms with Crippen molar-refractivity contribution >= 4 is 93.0 Å². The molecule has 5 aromatic carbocycles. The van der Waals surface area contributed by atoms with Gasteiger partial charge >= 0.3 is 29.8 Å². The van der Waals surface area contributed by atoms with E-state index in [1.165, 1.54) is 321 Å². The van der Waals surface area contributed by atoms with E-state index in [9.17, 15) is 24.0 Å². The largest absolute Gasteiger partial charge is 0.426 e. The molecule has 10 saturated carbocycles. The van der Waals surface area contributed by atoms with Crippen LogP contribution in [0.2, 0.25) is 0 Å². The molecule has 5 aromatic rings. The molecule has 0 spiro atoms. The monoisotopic (exact) mass is 2040 g/mol. The van der Waals surface area contributed by atoms with Crippen LogP contribution in [0.5, 0.6) is 28.7 Å². The van der Waals surface area contributed by atoms with E-state index in [-0.39, 0.29) is 83.0 Å². The zero-order valence-corrected chi connectivity index (χ0v) is 90.3. The van der Waals surface area contributed by atoms with Gasteiger partial charge in [-0.2, -0.15) is 0 Å². The lowest BCUT2D eigenvalue weighted by Gasteiger charge is -2.37. The van der Waals surface area contributed by atoms with Crippen molar-refractivity contribution in [2.24, 2.45) is 118 Å². The maximum atomic E-state index is 12.5. The summed E-state index contributed by atoms with van der Waals surface area (Å²) in [6.45, 7) is 11.5. The zero-order valence-electron chi connectivity index (χ0n) is 86.2. The van der Waals surface area contributed by atoms with E-state index in [1.54, 1.807) is 60.7 Å². The van der Waals surface area contributed by atoms with Crippen molar-refractivity contribution in [3.05, 3.63) is 121 Å². The van der Waals surface area contributed by atoms with Crippen LogP contribution >= 0.6 is 63.1 Å². The van der Waals surface area contributed by atoms with Gasteiger partial charge in [0.25, 0.3) is 0 Å². The van der Waals surface area contributed by atoms with Crippen molar-refractivity contribution < 1.29 is 71.2 Å². The Kier molecular flexibility index (Phi) is 60.2. The van der Waals surface area contributed by atoms with Gasteiger partial charge in [0.2, 0.25) is 0 Å². The highest BCUT2D eigenvalue weighted by atomic mass is 32.1. The van der Waals surface area contributed by atoms with Crippen molar-refractivity contribution in [1.82, 2.24) is 0 Å². The Morgan fingerprint density at radius 1 is 0.186 bits per heavy atom. The molecule has 0 aromatic heterocycles. The molecule has 140 heavy (non-hydrogen) atoms. The molecule has 10 aliphatic carbocycles. The SMILES string of the molecule is CCCCC[C@H]1CC[C@H](C2CCC(C(=O)Oc3ccc([S])cc3)CC2)CC1.CCCCC[C@H]1CC[C@H](C2CCC(C(=O)Oc3ccc([S])cc3)CC2)CC1.CCCCC[C@H]1CC[C@H](C2CCC(C(=O)Oc3ccc([S])cc3)CC2)CC1.CCCCC[C@H]1CC[C@H](C2CCC(C(=O)Oc3ccc([S])cc3)CC2)CC1.CCCCC[C@H]1CC[C@H](C2CCC(C(=O)Oc3ccc([S])cc3)CC2)CC1.F.F.F.F.F. The third kappa shape index (κ3) is 43.3. The van der Waals surface area contributed by atoms with Gasteiger partial charge in [0, 0.05) is 24.5 Å². The Hall–Kier alpha value is -5.80. The maximum Gasteiger partial charge on any atom is 0.314 e. The minimum Gasteiger partial charge on any atom is -0.426 e. The fraction of sp³-hybridized carbons (Fsp3) is 0.708. The van der Waals surface area contributed by atoms with Gasteiger partial charge in [-0.1, -0.05) is 290 Å². The second-order valence-corrected chi connectivity index (χ2v) is 46.3. The van der Waals surface area contributed by atoms with Crippen molar-refractivity contribution in [1.29, 1.82) is 0 Å². The summed E-state index contributed by atoms with van der Waals surface area (Å²) < 4.78 is 27.8. The molecule has 0 heterocycles. The number of esters is 5. The third-order valence-corrected chi connectivity index (χ3v) is 36.0. The predicted octanol–water partition coefficient (Wildman–Crippen LogP) is 37.5. The first-order chi connectivity index (χ1) is 65.8. The minimum absolute atomic E-state index is 0. The number of hydrogen-bond acceptors (Lipinski definition) is 10. The van der Waals surface area contributed by atoms with Gasteiger partial charge in [0.15, 0.2) is 0 Å². The Balaban J connectivity index is 0.000000266. The van der Waals surface area contributed by atoms with E-state index in [1.807, 2.05) is 60.7 Å². The summed E-state index contributed by atoms with van der Waals surface area (Å²) in [5.74, 6) is 16.9. The Morgan fingerprint density at radius 2 is 0.300 bits per heavy atom. The summed E-state index contributed by atoms with van der Waals surface area (Å²) in [6.07, 6.45) is 78.7. The van der Waals surface area contributed by atoms with E-state index in [0.717, 1.165) is 177 Å². The third-order valence-electron chi connectivity index (χ3n) is 34.6. The molecule has 0 atom stereocenters. The van der Waals surface area contributed by atoms with Gasteiger partial charge in [0.1, 0.15) is 28.7 Å². The van der Waals surface area contributed by atoms with E-state index in [4.69, 9.17) is 86.8 Å². The normalized spacial score (nSPS) is 27.6. The number of carbonyl (C=O) groups excluding carboxylic acids is 5. The van der Waals surface area contributed by atoms with Gasteiger partial charge in [-0.05, 0) is 403 Å². The van der Waals surface area contributed by atoms with Crippen LogP contribution in [0.1, 0.15) is 420 Å². The van der Waals surface area contributed by atoms with E-state index in [2.05, 4.69) is 34.6 Å². The predicted molar refractivity (Wildman–Crippen MR) is 577 cm³/mol. The molecule has 10 fully saturated rings. The number of ether oxygens (including phenoxy) is 5. The van der Waals surface area contributed by atoms with E-state index in [0.29, 0.717) is 28.7 Å². The van der Waals surface area contributed by atoms with E-state index >= 15 is 0 Å². The van der Waals surface area contributed by atoms with Gasteiger partial charge in [-0.3, -0.25) is 47.5 Å². The number of benzene rings is 5. The number of halogens is 5. The molecule has 0 amide bonds. The van der Waals surface area contributed by atoms with Crippen molar-refractivity contribution in [3.8, 4) is 28.7 Å². The summed E-state index contributed by atoms with van der Waals surface area (Å²) in [6, 6.07) is 36.1. The average molecular weight is 2040 g/mol. The molecule has 15 rings (SSSR count). The first-order valence-corrected chi connectivity index (χ1v) is 57.7. The molecule has 5 radical (unpaired) electrons. The molecule has 10 aliphatic rings. The van der Waals surface area contributed by atoms with Crippen LogP contribution in [-0.4, -0.2) is 29.8 Å².